The van der Waals surface area contributed by atoms with E-state index in [9.17, 15) is 47.9 Å². The Balaban J connectivity index is -0.0000000684. The number of carbonyl (C=O) groups is 10. The first-order chi connectivity index (χ1) is 20.2. The SMILES string of the molecule is N[C@@H](CC(=O)O)C(=O)O.N[C@@H](CC(=O)O)C(=O)O.N[C@@H](CC(=O)O)C(=O)O.N[C@@H](CC(=O)O)C(=O)O.N[C@@H](CC(=O)O)C(=O)O.[NaH].[NaH].[NaH]. The quantitative estimate of drug-likeness (QED) is 0.0694. The van der Waals surface area contributed by atoms with Gasteiger partial charge in [-0.3, -0.25) is 47.9 Å². The average molecular weight is 738 g/mol. The van der Waals surface area contributed by atoms with E-state index >= 15 is 0 Å². The third kappa shape index (κ3) is 55.9. The van der Waals surface area contributed by atoms with Crippen LogP contribution in [0, 0.1) is 0 Å². The van der Waals surface area contributed by atoms with E-state index in [1.54, 1.807) is 0 Å². The minimum absolute atomic E-state index is 0. The van der Waals surface area contributed by atoms with Crippen LogP contribution in [-0.2, 0) is 47.9 Å². The average Bonchev–Trinajstić information content (AvgIpc) is 2.83. The molecule has 28 heteroatoms. The first-order valence-electron chi connectivity index (χ1n) is 11.2. The van der Waals surface area contributed by atoms with Crippen molar-refractivity contribution in [3.63, 3.8) is 0 Å². The topological polar surface area (TPSA) is 503 Å². The van der Waals surface area contributed by atoms with Crippen LogP contribution in [0.1, 0.15) is 32.1 Å². The van der Waals surface area contributed by atoms with E-state index < -0.39 is 122 Å². The van der Waals surface area contributed by atoms with E-state index in [-0.39, 0.29) is 88.7 Å². The molecule has 266 valence electrons. The molecule has 0 heterocycles. The van der Waals surface area contributed by atoms with Crippen molar-refractivity contribution in [2.75, 3.05) is 0 Å². The summed E-state index contributed by atoms with van der Waals surface area (Å²) in [5.74, 6) is -12.5. The Morgan fingerprint density at radius 2 is 0.375 bits per heavy atom. The molecule has 48 heavy (non-hydrogen) atoms. The van der Waals surface area contributed by atoms with Gasteiger partial charge in [0.05, 0.1) is 32.1 Å². The Bertz CT molecular complexity index is 865. The Hall–Kier alpha value is -2.50. The number of hydrogen-bond acceptors (Lipinski definition) is 15. The van der Waals surface area contributed by atoms with Crippen LogP contribution in [0.3, 0.4) is 0 Å². The second-order valence-corrected chi connectivity index (χ2v) is 7.71. The number of hydrogen-bond donors (Lipinski definition) is 15. The van der Waals surface area contributed by atoms with Crippen molar-refractivity contribution < 1.29 is 99.0 Å². The summed E-state index contributed by atoms with van der Waals surface area (Å²) in [6.45, 7) is 0. The number of nitrogens with two attached hydrogens (primary N) is 5. The van der Waals surface area contributed by atoms with Crippen molar-refractivity contribution >= 4 is 148 Å². The summed E-state index contributed by atoms with van der Waals surface area (Å²) < 4.78 is 0. The van der Waals surface area contributed by atoms with Crippen LogP contribution in [-0.4, -0.2) is 230 Å². The zero-order valence-corrected chi connectivity index (χ0v) is 22.9. The molecule has 0 aliphatic heterocycles. The van der Waals surface area contributed by atoms with Gasteiger partial charge in [-0.1, -0.05) is 0 Å². The Labute approximate surface area is 335 Å². The van der Waals surface area contributed by atoms with Gasteiger partial charge >= 0.3 is 148 Å². The standard InChI is InChI=1S/5C4H7NO4.3Na.3H/c5*5-2(4(8)9)1-3(6)7;;;;;;/h5*2H,1,5H2,(H,6,7)(H,8,9);;;;;;/t5*2-;;;;;;/m00000....../s1. The van der Waals surface area contributed by atoms with E-state index in [0.717, 1.165) is 0 Å². The molecule has 0 aromatic carbocycles. The van der Waals surface area contributed by atoms with Crippen LogP contribution in [0.5, 0.6) is 0 Å². The molecule has 0 amide bonds. The second kappa shape index (κ2) is 37.3. The van der Waals surface area contributed by atoms with Crippen LogP contribution in [0.4, 0.5) is 0 Å². The van der Waals surface area contributed by atoms with Gasteiger partial charge < -0.3 is 79.7 Å². The Morgan fingerprint density at radius 3 is 0.396 bits per heavy atom. The van der Waals surface area contributed by atoms with E-state index in [0.29, 0.717) is 0 Å². The number of carboxylic acid groups (broad SMARTS) is 10. The summed E-state index contributed by atoms with van der Waals surface area (Å²) >= 11 is 0. The monoisotopic (exact) mass is 737 g/mol. The summed E-state index contributed by atoms with van der Waals surface area (Å²) in [7, 11) is 0. The molecule has 0 aliphatic rings. The third-order valence-electron chi connectivity index (χ3n) is 3.56. The van der Waals surface area contributed by atoms with Crippen molar-refractivity contribution in [3.8, 4) is 0 Å². The van der Waals surface area contributed by atoms with Gasteiger partial charge in [0.25, 0.3) is 0 Å². The molecule has 0 bridgehead atoms. The van der Waals surface area contributed by atoms with Crippen LogP contribution in [0.25, 0.3) is 0 Å². The van der Waals surface area contributed by atoms with Crippen molar-refractivity contribution in [2.24, 2.45) is 28.7 Å². The molecule has 0 fully saturated rings. The van der Waals surface area contributed by atoms with Gasteiger partial charge in [0.15, 0.2) is 0 Å². The summed E-state index contributed by atoms with van der Waals surface area (Å²) in [4.78, 5) is 98.1. The number of carboxylic acids is 10. The molecule has 0 spiro atoms. The molecule has 0 saturated carbocycles. The van der Waals surface area contributed by atoms with Gasteiger partial charge in [-0.2, -0.15) is 0 Å². The van der Waals surface area contributed by atoms with E-state index in [1.807, 2.05) is 0 Å². The summed E-state index contributed by atoms with van der Waals surface area (Å²) in [5, 5.41) is 80.2. The molecule has 0 aliphatic carbocycles. The minimum atomic E-state index is -1.29. The van der Waals surface area contributed by atoms with Crippen LogP contribution >= 0.6 is 0 Å². The maximum atomic E-state index is 9.85. The molecule has 0 aromatic rings. The first kappa shape index (κ1) is 64.1. The van der Waals surface area contributed by atoms with Gasteiger partial charge in [0, 0.05) is 0 Å². The molecule has 25 nitrogen and oxygen atoms in total. The fraction of sp³-hybridized carbons (Fsp3) is 0.500. The van der Waals surface area contributed by atoms with Gasteiger partial charge in [0.1, 0.15) is 30.2 Å². The Morgan fingerprint density at radius 1 is 0.292 bits per heavy atom. The number of aliphatic carboxylic acids is 10. The van der Waals surface area contributed by atoms with Crippen molar-refractivity contribution in [1.82, 2.24) is 0 Å². The second-order valence-electron chi connectivity index (χ2n) is 7.71. The first-order valence-corrected chi connectivity index (χ1v) is 11.2. The predicted octanol–water partition coefficient (Wildman–Crippen LogP) is -7.58. The molecule has 0 radical (unpaired) electrons. The molecule has 0 aromatic heterocycles. The fourth-order valence-corrected chi connectivity index (χ4v) is 1.38. The fourth-order valence-electron chi connectivity index (χ4n) is 1.38. The maximum absolute atomic E-state index is 9.85. The molecule has 0 rings (SSSR count). The van der Waals surface area contributed by atoms with Gasteiger partial charge in [-0.25, -0.2) is 0 Å². The van der Waals surface area contributed by atoms with Crippen LogP contribution in [0.15, 0.2) is 0 Å². The van der Waals surface area contributed by atoms with E-state index in [2.05, 4.69) is 0 Å². The summed E-state index contributed by atoms with van der Waals surface area (Å²) in [6, 6.07) is -6.45. The predicted molar refractivity (Wildman–Crippen MR) is 161 cm³/mol. The van der Waals surface area contributed by atoms with Crippen LogP contribution < -0.4 is 28.7 Å². The van der Waals surface area contributed by atoms with E-state index in [1.165, 1.54) is 0 Å². The zero-order valence-electron chi connectivity index (χ0n) is 22.9. The molecular weight excluding hydrogens is 699 g/mol. The van der Waals surface area contributed by atoms with Crippen molar-refractivity contribution in [1.29, 1.82) is 0 Å². The van der Waals surface area contributed by atoms with Gasteiger partial charge in [-0.05, 0) is 0 Å². The van der Waals surface area contributed by atoms with Crippen molar-refractivity contribution in [3.05, 3.63) is 0 Å². The molecule has 20 N–H and O–H groups in total. The summed E-state index contributed by atoms with van der Waals surface area (Å²) in [6.07, 6.45) is -2.66. The van der Waals surface area contributed by atoms with Crippen molar-refractivity contribution in [2.45, 2.75) is 62.3 Å². The van der Waals surface area contributed by atoms with Gasteiger partial charge in [-0.15, -0.1) is 0 Å². The molecule has 0 unspecified atom stereocenters. The summed E-state index contributed by atoms with van der Waals surface area (Å²) in [5.41, 5.74) is 24.2. The zero-order chi connectivity index (χ0) is 37.2. The van der Waals surface area contributed by atoms with Crippen LogP contribution in [0.2, 0.25) is 0 Å². The third-order valence-corrected chi connectivity index (χ3v) is 3.56. The van der Waals surface area contributed by atoms with Gasteiger partial charge in [0.2, 0.25) is 0 Å². The molecule has 0 saturated heterocycles. The van der Waals surface area contributed by atoms with E-state index in [4.69, 9.17) is 79.7 Å². The molecule has 5 atom stereocenters. The Kier molecular flexibility index (Phi) is 49.8. The molecular formula is C20H38N5Na3O20. The number of rotatable bonds is 15. The normalized spacial score (nSPS) is 11.8.